The van der Waals surface area contributed by atoms with Crippen molar-refractivity contribution in [2.45, 2.75) is 19.4 Å². The fourth-order valence-electron chi connectivity index (χ4n) is 2.32. The second kappa shape index (κ2) is 6.00. The van der Waals surface area contributed by atoms with Crippen LogP contribution in [0.1, 0.15) is 11.3 Å². The number of pyridine rings is 1. The van der Waals surface area contributed by atoms with Gasteiger partial charge in [-0.25, -0.2) is 4.98 Å². The van der Waals surface area contributed by atoms with Crippen LogP contribution in [0.2, 0.25) is 0 Å². The summed E-state index contributed by atoms with van der Waals surface area (Å²) in [4.78, 5) is 3.78. The molecule has 2 aromatic rings. The molecule has 0 unspecified atom stereocenters. The maximum absolute atomic E-state index is 12.4. The van der Waals surface area contributed by atoms with E-state index < -0.39 is 21.5 Å². The molecule has 0 aliphatic heterocycles. The van der Waals surface area contributed by atoms with Crippen molar-refractivity contribution in [2.24, 2.45) is 0 Å². The molecular weight excluding hydrogens is 351 g/mol. The normalized spacial score (nSPS) is 12.3. The molecule has 2 rings (SSSR count). The Bertz CT molecular complexity index is 894. The van der Waals surface area contributed by atoms with Gasteiger partial charge in [-0.15, -0.1) is 0 Å². The Morgan fingerprint density at radius 1 is 1.04 bits per heavy atom. The molecule has 0 atom stereocenters. The molecule has 1 heterocycles. The predicted molar refractivity (Wildman–Crippen MR) is 79.9 cm³/mol. The third kappa shape index (κ3) is 3.05. The van der Waals surface area contributed by atoms with Crippen LogP contribution in [0.4, 0.5) is 13.2 Å². The highest BCUT2D eigenvalue weighted by Gasteiger charge is 2.48. The van der Waals surface area contributed by atoms with Gasteiger partial charge in [0.05, 0.1) is 19.9 Å². The summed E-state index contributed by atoms with van der Waals surface area (Å²) in [6, 6.07) is 2.71. The molecule has 0 saturated carbocycles. The highest BCUT2D eigenvalue weighted by atomic mass is 32.2. The zero-order chi connectivity index (χ0) is 18.3. The van der Waals surface area contributed by atoms with Crippen molar-refractivity contribution in [1.29, 1.82) is 0 Å². The van der Waals surface area contributed by atoms with Crippen LogP contribution in [-0.4, -0.2) is 33.1 Å². The van der Waals surface area contributed by atoms with E-state index in [1.165, 1.54) is 21.1 Å². The van der Waals surface area contributed by atoms with Gasteiger partial charge in [-0.3, -0.25) is 0 Å². The number of fused-ring (bicyclic) bond motifs is 1. The second-order valence-corrected chi connectivity index (χ2v) is 6.43. The first-order valence-corrected chi connectivity index (χ1v) is 7.96. The van der Waals surface area contributed by atoms with Gasteiger partial charge < -0.3 is 13.7 Å². The Morgan fingerprint density at radius 3 is 2.12 bits per heavy atom. The van der Waals surface area contributed by atoms with Crippen molar-refractivity contribution in [2.75, 3.05) is 14.2 Å². The van der Waals surface area contributed by atoms with Gasteiger partial charge in [0.2, 0.25) is 5.88 Å². The van der Waals surface area contributed by atoms with Gasteiger partial charge in [0.1, 0.15) is 0 Å². The number of aromatic nitrogens is 1. The van der Waals surface area contributed by atoms with Crippen LogP contribution in [-0.2, 0) is 10.1 Å². The minimum absolute atomic E-state index is 0.232. The summed E-state index contributed by atoms with van der Waals surface area (Å²) in [5.74, 6) is 0.123. The molecule has 0 radical (unpaired) electrons. The molecular formula is C14H14F3NO5S. The first-order valence-electron chi connectivity index (χ1n) is 6.55. The fraction of sp³-hybridized carbons (Fsp3) is 0.357. The van der Waals surface area contributed by atoms with E-state index >= 15 is 0 Å². The Labute approximate surface area is 136 Å². The van der Waals surface area contributed by atoms with Crippen LogP contribution >= 0.6 is 0 Å². The largest absolute Gasteiger partial charge is 0.534 e. The van der Waals surface area contributed by atoms with Crippen LogP contribution in [0.15, 0.2) is 12.1 Å². The van der Waals surface area contributed by atoms with Gasteiger partial charge >= 0.3 is 15.6 Å². The lowest BCUT2D eigenvalue weighted by molar-refractivity contribution is -0.0501. The summed E-state index contributed by atoms with van der Waals surface area (Å²) in [6.45, 7) is 3.20. The maximum atomic E-state index is 12.4. The van der Waals surface area contributed by atoms with E-state index in [2.05, 4.69) is 9.17 Å². The molecule has 1 aromatic heterocycles. The van der Waals surface area contributed by atoms with Crippen molar-refractivity contribution in [3.8, 4) is 17.4 Å². The molecule has 0 bridgehead atoms. The lowest BCUT2D eigenvalue weighted by Crippen LogP contribution is -2.28. The quantitative estimate of drug-likeness (QED) is 0.612. The number of hydrogen-bond donors (Lipinski definition) is 0. The molecule has 1 aromatic carbocycles. The molecule has 0 spiro atoms. The Hall–Kier alpha value is -2.23. The second-order valence-electron chi connectivity index (χ2n) is 4.89. The highest BCUT2D eigenvalue weighted by Crippen LogP contribution is 2.41. The highest BCUT2D eigenvalue weighted by molar-refractivity contribution is 7.87. The van der Waals surface area contributed by atoms with E-state index in [9.17, 15) is 21.6 Å². The molecule has 0 amide bonds. The minimum atomic E-state index is -5.79. The third-order valence-electron chi connectivity index (χ3n) is 3.26. The van der Waals surface area contributed by atoms with Gasteiger partial charge in [0.25, 0.3) is 0 Å². The molecule has 10 heteroatoms. The van der Waals surface area contributed by atoms with Gasteiger partial charge in [-0.2, -0.15) is 21.6 Å². The Kier molecular flexibility index (Phi) is 4.53. The van der Waals surface area contributed by atoms with Crippen LogP contribution in [0.3, 0.4) is 0 Å². The number of hydrogen-bond acceptors (Lipinski definition) is 6. The smallest absolute Gasteiger partial charge is 0.493 e. The predicted octanol–water partition coefficient (Wildman–Crippen LogP) is 3.10. The molecule has 0 saturated heterocycles. The summed E-state index contributed by atoms with van der Waals surface area (Å²) in [6.07, 6.45) is 0. The summed E-state index contributed by atoms with van der Waals surface area (Å²) >= 11 is 0. The standard InChI is InChI=1S/C14H14F3NO5S/c1-7-5-9-6-10(23-24(19,20)14(15,16)17)18-8(2)11(9)13(22-4)12(7)21-3/h5-6H,1-4H3. The average molecular weight is 365 g/mol. The number of benzene rings is 1. The van der Waals surface area contributed by atoms with Crippen molar-refractivity contribution in [3.05, 3.63) is 23.4 Å². The number of aryl methyl sites for hydroxylation is 2. The number of alkyl halides is 3. The molecule has 0 fully saturated rings. The third-order valence-corrected chi connectivity index (χ3v) is 4.21. The van der Waals surface area contributed by atoms with Gasteiger partial charge in [0, 0.05) is 11.5 Å². The Balaban J connectivity index is 2.68. The van der Waals surface area contributed by atoms with Crippen LogP contribution < -0.4 is 13.7 Å². The van der Waals surface area contributed by atoms with Crippen molar-refractivity contribution < 1.29 is 35.2 Å². The fourth-order valence-corrected chi connectivity index (χ4v) is 2.72. The van der Waals surface area contributed by atoms with Gasteiger partial charge in [-0.05, 0) is 30.9 Å². The molecule has 0 N–H and O–H groups in total. The molecule has 0 aliphatic carbocycles. The summed E-state index contributed by atoms with van der Waals surface area (Å²) in [7, 11) is -2.93. The molecule has 132 valence electrons. The first-order chi connectivity index (χ1) is 11.0. The van der Waals surface area contributed by atoms with E-state index in [1.54, 1.807) is 13.0 Å². The monoisotopic (exact) mass is 365 g/mol. The van der Waals surface area contributed by atoms with E-state index in [4.69, 9.17) is 9.47 Å². The zero-order valence-corrected chi connectivity index (χ0v) is 14.0. The lowest BCUT2D eigenvalue weighted by atomic mass is 10.0. The number of ether oxygens (including phenoxy) is 2. The van der Waals surface area contributed by atoms with Crippen molar-refractivity contribution >= 4 is 20.9 Å². The topological polar surface area (TPSA) is 74.7 Å². The van der Waals surface area contributed by atoms with Gasteiger partial charge in [0.15, 0.2) is 11.5 Å². The number of halogens is 3. The van der Waals surface area contributed by atoms with E-state index in [1.807, 2.05) is 0 Å². The summed E-state index contributed by atoms with van der Waals surface area (Å²) in [5, 5.41) is 0.890. The van der Waals surface area contributed by atoms with E-state index in [0.717, 1.165) is 6.07 Å². The number of nitrogens with zero attached hydrogens (tertiary/aromatic N) is 1. The molecule has 24 heavy (non-hydrogen) atoms. The average Bonchev–Trinajstić information content (AvgIpc) is 2.43. The van der Waals surface area contributed by atoms with Crippen LogP contribution in [0.5, 0.6) is 17.4 Å². The number of rotatable bonds is 4. The summed E-state index contributed by atoms with van der Waals surface area (Å²) in [5.41, 5.74) is -4.66. The van der Waals surface area contributed by atoms with Crippen LogP contribution in [0, 0.1) is 13.8 Å². The lowest BCUT2D eigenvalue weighted by Gasteiger charge is -2.16. The van der Waals surface area contributed by atoms with E-state index in [0.29, 0.717) is 27.8 Å². The molecule has 0 aliphatic rings. The Morgan fingerprint density at radius 2 is 1.62 bits per heavy atom. The summed E-state index contributed by atoms with van der Waals surface area (Å²) < 4.78 is 74.2. The van der Waals surface area contributed by atoms with E-state index in [-0.39, 0.29) is 5.69 Å². The van der Waals surface area contributed by atoms with Gasteiger partial charge in [-0.1, -0.05) is 0 Å². The first kappa shape index (κ1) is 18.1. The maximum Gasteiger partial charge on any atom is 0.534 e. The number of methoxy groups -OCH3 is 2. The van der Waals surface area contributed by atoms with Crippen LogP contribution in [0.25, 0.3) is 10.8 Å². The van der Waals surface area contributed by atoms with Crippen molar-refractivity contribution in [1.82, 2.24) is 4.98 Å². The SMILES string of the molecule is COc1c(C)cc2cc(OS(=O)(=O)C(F)(F)F)nc(C)c2c1OC. The van der Waals surface area contributed by atoms with Crippen molar-refractivity contribution in [3.63, 3.8) is 0 Å². The zero-order valence-electron chi connectivity index (χ0n) is 13.2. The molecule has 6 nitrogen and oxygen atoms in total. The minimum Gasteiger partial charge on any atom is -0.493 e.